The van der Waals surface area contributed by atoms with Gasteiger partial charge in [0.05, 0.1) is 5.69 Å². The van der Waals surface area contributed by atoms with Gasteiger partial charge in [-0.2, -0.15) is 0 Å². The van der Waals surface area contributed by atoms with Crippen molar-refractivity contribution in [1.82, 2.24) is 0 Å². The molecule has 0 aliphatic carbocycles. The minimum absolute atomic E-state index is 0.0728. The summed E-state index contributed by atoms with van der Waals surface area (Å²) in [6, 6.07) is 12.1. The molecule has 0 radical (unpaired) electrons. The number of nitrogens with one attached hydrogen (secondary N) is 2. The molecule has 0 bridgehead atoms. The van der Waals surface area contributed by atoms with Crippen LogP contribution in [0.1, 0.15) is 18.4 Å². The first kappa shape index (κ1) is 16.6. The summed E-state index contributed by atoms with van der Waals surface area (Å²) < 4.78 is 14.3. The topological polar surface area (TPSA) is 58.2 Å². The lowest BCUT2D eigenvalue weighted by Crippen LogP contribution is -2.30. The lowest BCUT2D eigenvalue weighted by atomic mass is 9.89. The molecule has 2 aromatic carbocycles. The third kappa shape index (κ3) is 3.82. The van der Waals surface area contributed by atoms with Gasteiger partial charge in [0, 0.05) is 22.5 Å². The van der Waals surface area contributed by atoms with Gasteiger partial charge in [-0.25, -0.2) is 4.39 Å². The first-order valence-corrected chi connectivity index (χ1v) is 8.46. The summed E-state index contributed by atoms with van der Waals surface area (Å²) in [7, 11) is 0. The number of anilines is 2. The van der Waals surface area contributed by atoms with Crippen LogP contribution in [0.15, 0.2) is 46.9 Å². The Morgan fingerprint density at radius 3 is 2.88 bits per heavy atom. The molecule has 6 heteroatoms. The zero-order valence-corrected chi connectivity index (χ0v) is 14.4. The van der Waals surface area contributed by atoms with Crippen LogP contribution in [0, 0.1) is 11.7 Å². The zero-order valence-electron chi connectivity index (χ0n) is 12.8. The summed E-state index contributed by atoms with van der Waals surface area (Å²) in [5.41, 5.74) is 2.04. The second-order valence-corrected chi connectivity index (χ2v) is 6.67. The number of rotatable bonds is 4. The lowest BCUT2D eigenvalue weighted by molar-refractivity contribution is -0.121. The Bertz CT molecular complexity index is 794. The van der Waals surface area contributed by atoms with Gasteiger partial charge >= 0.3 is 0 Å². The molecule has 0 spiro atoms. The molecule has 3 rings (SSSR count). The Hall–Kier alpha value is -2.21. The van der Waals surface area contributed by atoms with Gasteiger partial charge in [-0.05, 0) is 42.7 Å². The second kappa shape index (κ2) is 7.13. The molecule has 1 aliphatic rings. The van der Waals surface area contributed by atoms with Gasteiger partial charge in [0.1, 0.15) is 5.82 Å². The zero-order chi connectivity index (χ0) is 17.1. The average molecular weight is 391 g/mol. The first-order valence-electron chi connectivity index (χ1n) is 7.66. The third-order valence-electron chi connectivity index (χ3n) is 4.04. The van der Waals surface area contributed by atoms with Crippen molar-refractivity contribution < 1.29 is 14.0 Å². The highest BCUT2D eigenvalue weighted by Gasteiger charge is 2.26. The van der Waals surface area contributed by atoms with Gasteiger partial charge in [-0.3, -0.25) is 9.59 Å². The number of hydrogen-bond acceptors (Lipinski definition) is 2. The smallest absolute Gasteiger partial charge is 0.227 e. The number of amides is 2. The highest BCUT2D eigenvalue weighted by molar-refractivity contribution is 9.10. The SMILES string of the molecule is O=C(CCC1Cc2ccccc2NC1=O)Nc1ccc(Br)cc1F. The molecule has 2 N–H and O–H groups in total. The van der Waals surface area contributed by atoms with Crippen LogP contribution >= 0.6 is 15.9 Å². The molecule has 2 aromatic rings. The van der Waals surface area contributed by atoms with Crippen molar-refractivity contribution in [2.75, 3.05) is 10.6 Å². The van der Waals surface area contributed by atoms with Crippen LogP contribution in [0.4, 0.5) is 15.8 Å². The van der Waals surface area contributed by atoms with Gasteiger partial charge < -0.3 is 10.6 Å². The van der Waals surface area contributed by atoms with Crippen molar-refractivity contribution in [2.45, 2.75) is 19.3 Å². The van der Waals surface area contributed by atoms with Crippen LogP contribution < -0.4 is 10.6 Å². The van der Waals surface area contributed by atoms with Crippen LogP contribution in [-0.2, 0) is 16.0 Å². The monoisotopic (exact) mass is 390 g/mol. The van der Waals surface area contributed by atoms with E-state index in [-0.39, 0.29) is 29.8 Å². The molecular formula is C18H16BrFN2O2. The lowest BCUT2D eigenvalue weighted by Gasteiger charge is -2.24. The van der Waals surface area contributed by atoms with Crippen LogP contribution in [0.25, 0.3) is 0 Å². The molecule has 2 amide bonds. The van der Waals surface area contributed by atoms with Crippen LogP contribution in [-0.4, -0.2) is 11.8 Å². The first-order chi connectivity index (χ1) is 11.5. The largest absolute Gasteiger partial charge is 0.326 e. The van der Waals surface area contributed by atoms with E-state index in [0.29, 0.717) is 17.3 Å². The van der Waals surface area contributed by atoms with E-state index in [1.54, 1.807) is 6.07 Å². The molecular weight excluding hydrogens is 375 g/mol. The molecule has 0 saturated heterocycles. The van der Waals surface area contributed by atoms with Crippen molar-refractivity contribution >= 4 is 39.1 Å². The predicted molar refractivity (Wildman–Crippen MR) is 94.2 cm³/mol. The van der Waals surface area contributed by atoms with E-state index in [2.05, 4.69) is 26.6 Å². The summed E-state index contributed by atoms with van der Waals surface area (Å²) >= 11 is 3.17. The molecule has 0 aromatic heterocycles. The molecule has 0 saturated carbocycles. The fraction of sp³-hybridized carbons (Fsp3) is 0.222. The fourth-order valence-corrected chi connectivity index (χ4v) is 3.09. The molecule has 1 heterocycles. The maximum atomic E-state index is 13.7. The van der Waals surface area contributed by atoms with Gasteiger partial charge in [0.25, 0.3) is 0 Å². The number of halogens is 2. The number of carbonyl (C=O) groups excluding carboxylic acids is 2. The number of carbonyl (C=O) groups is 2. The minimum atomic E-state index is -0.498. The number of hydrogen-bond donors (Lipinski definition) is 2. The van der Waals surface area contributed by atoms with Crippen LogP contribution in [0.3, 0.4) is 0 Å². The number of benzene rings is 2. The fourth-order valence-electron chi connectivity index (χ4n) is 2.76. The molecule has 1 atom stereocenters. The molecule has 1 unspecified atom stereocenters. The van der Waals surface area contributed by atoms with E-state index in [0.717, 1.165) is 11.3 Å². The van der Waals surface area contributed by atoms with Gasteiger partial charge in [0.15, 0.2) is 0 Å². The van der Waals surface area contributed by atoms with Crippen molar-refractivity contribution in [3.63, 3.8) is 0 Å². The standard InChI is InChI=1S/C18H16BrFN2O2/c19-13-6-7-16(14(20)10-13)21-17(23)8-5-12-9-11-3-1-2-4-15(11)22-18(12)24/h1-4,6-7,10,12H,5,8-9H2,(H,21,23)(H,22,24). The Morgan fingerprint density at radius 2 is 2.08 bits per heavy atom. The van der Waals surface area contributed by atoms with E-state index in [1.165, 1.54) is 12.1 Å². The predicted octanol–water partition coefficient (Wildman–Crippen LogP) is 4.12. The van der Waals surface area contributed by atoms with Crippen molar-refractivity contribution in [3.05, 3.63) is 58.3 Å². The van der Waals surface area contributed by atoms with E-state index in [1.807, 2.05) is 24.3 Å². The van der Waals surface area contributed by atoms with E-state index in [9.17, 15) is 14.0 Å². The van der Waals surface area contributed by atoms with E-state index < -0.39 is 5.82 Å². The molecule has 24 heavy (non-hydrogen) atoms. The highest BCUT2D eigenvalue weighted by Crippen LogP contribution is 2.27. The Morgan fingerprint density at radius 1 is 1.29 bits per heavy atom. The molecule has 0 fully saturated rings. The Kier molecular flexibility index (Phi) is 4.94. The van der Waals surface area contributed by atoms with Crippen LogP contribution in [0.5, 0.6) is 0 Å². The average Bonchev–Trinajstić information content (AvgIpc) is 2.55. The molecule has 4 nitrogen and oxygen atoms in total. The van der Waals surface area contributed by atoms with Crippen molar-refractivity contribution in [1.29, 1.82) is 0 Å². The second-order valence-electron chi connectivity index (χ2n) is 5.76. The number of para-hydroxylation sites is 1. The van der Waals surface area contributed by atoms with Gasteiger partial charge in [0.2, 0.25) is 11.8 Å². The van der Waals surface area contributed by atoms with Crippen molar-refractivity contribution in [3.8, 4) is 0 Å². The summed E-state index contributed by atoms with van der Waals surface area (Å²) in [6.07, 6.45) is 1.20. The third-order valence-corrected chi connectivity index (χ3v) is 4.53. The Labute approximate surface area is 147 Å². The quantitative estimate of drug-likeness (QED) is 0.824. The maximum Gasteiger partial charge on any atom is 0.227 e. The van der Waals surface area contributed by atoms with Gasteiger partial charge in [-0.15, -0.1) is 0 Å². The summed E-state index contributed by atoms with van der Waals surface area (Å²) in [5.74, 6) is -1.12. The van der Waals surface area contributed by atoms with E-state index >= 15 is 0 Å². The minimum Gasteiger partial charge on any atom is -0.326 e. The van der Waals surface area contributed by atoms with E-state index in [4.69, 9.17) is 0 Å². The Balaban J connectivity index is 1.57. The molecule has 1 aliphatic heterocycles. The van der Waals surface area contributed by atoms with Crippen LogP contribution in [0.2, 0.25) is 0 Å². The number of fused-ring (bicyclic) bond motifs is 1. The van der Waals surface area contributed by atoms with Gasteiger partial charge in [-0.1, -0.05) is 34.1 Å². The summed E-state index contributed by atoms with van der Waals surface area (Å²) in [6.45, 7) is 0. The maximum absolute atomic E-state index is 13.7. The van der Waals surface area contributed by atoms with Crippen molar-refractivity contribution in [2.24, 2.45) is 5.92 Å². The summed E-state index contributed by atoms with van der Waals surface area (Å²) in [5, 5.41) is 5.41. The summed E-state index contributed by atoms with van der Waals surface area (Å²) in [4.78, 5) is 24.1. The highest BCUT2D eigenvalue weighted by atomic mass is 79.9. The molecule has 124 valence electrons. The normalized spacial score (nSPS) is 16.2.